The first-order valence-corrected chi connectivity index (χ1v) is 10.5. The third-order valence-electron chi connectivity index (χ3n) is 4.91. The van der Waals surface area contributed by atoms with Gasteiger partial charge in [0.15, 0.2) is 0 Å². The Bertz CT molecular complexity index is 861. The topological polar surface area (TPSA) is 222 Å². The molecule has 0 heterocycles. The zero-order chi connectivity index (χ0) is 26.5. The maximum absolute atomic E-state index is 11.6. The van der Waals surface area contributed by atoms with E-state index in [1.165, 1.54) is 4.90 Å². The van der Waals surface area contributed by atoms with Crippen LogP contribution in [-0.4, -0.2) is 128 Å². The van der Waals surface area contributed by atoms with E-state index in [0.29, 0.717) is 5.69 Å². The van der Waals surface area contributed by atoms with Crippen molar-refractivity contribution in [3.63, 3.8) is 0 Å². The van der Waals surface area contributed by atoms with Crippen LogP contribution in [-0.2, 0) is 30.4 Å². The average Bonchev–Trinajstić information content (AvgIpc) is 2.70. The van der Waals surface area contributed by atoms with E-state index in [-0.39, 0.29) is 26.1 Å². The van der Waals surface area contributed by atoms with Crippen molar-refractivity contribution in [2.45, 2.75) is 12.5 Å². The molecule has 1 unspecified atom stereocenters. The van der Waals surface area contributed by atoms with Gasteiger partial charge in [0.2, 0.25) is 0 Å². The molecule has 1 atom stereocenters. The van der Waals surface area contributed by atoms with Crippen LogP contribution in [0.1, 0.15) is 5.56 Å². The van der Waals surface area contributed by atoms with E-state index in [4.69, 9.17) is 15.9 Å². The number of carbonyl (C=O) groups is 5. The number of nitrogen functional groups attached to an aromatic ring is 1. The van der Waals surface area contributed by atoms with Gasteiger partial charge in [0.25, 0.3) is 0 Å². The summed E-state index contributed by atoms with van der Waals surface area (Å²) in [6.45, 7) is -3.20. The Labute approximate surface area is 200 Å². The van der Waals surface area contributed by atoms with Crippen LogP contribution in [0.25, 0.3) is 0 Å². The summed E-state index contributed by atoms with van der Waals surface area (Å²) in [4.78, 5) is 60.0. The number of rotatable bonds is 18. The van der Waals surface area contributed by atoms with Crippen LogP contribution in [0.2, 0.25) is 0 Å². The van der Waals surface area contributed by atoms with Gasteiger partial charge in [-0.05, 0) is 24.1 Å². The molecule has 0 aromatic heterocycles. The van der Waals surface area contributed by atoms with E-state index in [0.717, 1.165) is 15.4 Å². The van der Waals surface area contributed by atoms with E-state index in [9.17, 15) is 39.3 Å². The maximum atomic E-state index is 11.6. The number of nitrogens with zero attached hydrogens (tertiary/aromatic N) is 3. The van der Waals surface area contributed by atoms with E-state index in [1.807, 2.05) is 0 Å². The predicted molar refractivity (Wildman–Crippen MR) is 121 cm³/mol. The highest BCUT2D eigenvalue weighted by atomic mass is 16.4. The monoisotopic (exact) mass is 498 g/mol. The van der Waals surface area contributed by atoms with Gasteiger partial charge >= 0.3 is 29.8 Å². The molecule has 0 spiro atoms. The van der Waals surface area contributed by atoms with Crippen molar-refractivity contribution < 1.29 is 49.5 Å². The van der Waals surface area contributed by atoms with Crippen LogP contribution < -0.4 is 5.73 Å². The molecule has 0 saturated carbocycles. The molecule has 0 fully saturated rings. The highest BCUT2D eigenvalue weighted by molar-refractivity contribution is 5.73. The molecule has 1 aromatic carbocycles. The molecule has 194 valence electrons. The van der Waals surface area contributed by atoms with Crippen LogP contribution in [0.4, 0.5) is 5.69 Å². The molecular weight excluding hydrogens is 468 g/mol. The maximum Gasteiger partial charge on any atom is 0.317 e. The normalized spacial score (nSPS) is 12.1. The fraction of sp³-hybridized carbons (Fsp3) is 0.476. The van der Waals surface area contributed by atoms with Crippen molar-refractivity contribution in [3.05, 3.63) is 29.8 Å². The number of nitrogens with two attached hydrogens (primary N) is 1. The third-order valence-corrected chi connectivity index (χ3v) is 4.91. The summed E-state index contributed by atoms with van der Waals surface area (Å²) in [5, 5.41) is 45.9. The number of hydrogen-bond acceptors (Lipinski definition) is 9. The first-order chi connectivity index (χ1) is 16.3. The summed E-state index contributed by atoms with van der Waals surface area (Å²) in [5.41, 5.74) is 6.92. The van der Waals surface area contributed by atoms with Crippen LogP contribution in [0.5, 0.6) is 0 Å². The zero-order valence-electron chi connectivity index (χ0n) is 18.9. The molecule has 35 heavy (non-hydrogen) atoms. The molecule has 14 heteroatoms. The second-order valence-corrected chi connectivity index (χ2v) is 7.92. The van der Waals surface area contributed by atoms with E-state index < -0.39 is 68.6 Å². The number of anilines is 1. The van der Waals surface area contributed by atoms with Gasteiger partial charge in [0.1, 0.15) is 0 Å². The Hall–Kier alpha value is -3.75. The van der Waals surface area contributed by atoms with Gasteiger partial charge in [-0.25, -0.2) is 0 Å². The number of carboxylic acids is 5. The molecule has 1 aromatic rings. The standard InChI is InChI=1S/C21H30N4O10/c22-15-3-1-14(2-4-15)7-16(8-24(11-19(30)31)12-20(32)33)25(13-21(34)35)6-5-23(9-17(26)27)10-18(28)29/h1-4,16H,5-13,22H2,(H,26,27)(H,28,29)(H,30,31)(H,32,33)(H,34,35). The van der Waals surface area contributed by atoms with Crippen molar-refractivity contribution in [1.82, 2.24) is 14.7 Å². The number of hydrogen-bond donors (Lipinski definition) is 6. The second kappa shape index (κ2) is 14.5. The second-order valence-electron chi connectivity index (χ2n) is 7.92. The van der Waals surface area contributed by atoms with E-state index in [2.05, 4.69) is 0 Å². The number of aliphatic carboxylic acids is 5. The Morgan fingerprint density at radius 3 is 1.51 bits per heavy atom. The molecule has 0 amide bonds. The number of carboxylic acid groups (broad SMARTS) is 5. The van der Waals surface area contributed by atoms with E-state index in [1.54, 1.807) is 24.3 Å². The SMILES string of the molecule is Nc1ccc(CC(CN(CC(=O)O)CC(=O)O)N(CCN(CC(=O)O)CC(=O)O)CC(=O)O)cc1. The van der Waals surface area contributed by atoms with Crippen LogP contribution in [0.15, 0.2) is 24.3 Å². The third kappa shape index (κ3) is 12.9. The van der Waals surface area contributed by atoms with Gasteiger partial charge in [0.05, 0.1) is 32.7 Å². The smallest absolute Gasteiger partial charge is 0.317 e. The Kier molecular flexibility index (Phi) is 12.1. The lowest BCUT2D eigenvalue weighted by atomic mass is 10.0. The van der Waals surface area contributed by atoms with Crippen molar-refractivity contribution in [3.8, 4) is 0 Å². The largest absolute Gasteiger partial charge is 0.480 e. The Morgan fingerprint density at radius 2 is 1.09 bits per heavy atom. The first-order valence-electron chi connectivity index (χ1n) is 10.5. The summed E-state index contributed by atoms with van der Waals surface area (Å²) in [7, 11) is 0. The molecule has 1 rings (SSSR count). The minimum atomic E-state index is -1.27. The van der Waals surface area contributed by atoms with Crippen molar-refractivity contribution >= 4 is 35.5 Å². The zero-order valence-corrected chi connectivity index (χ0v) is 18.9. The first kappa shape index (κ1) is 29.3. The van der Waals surface area contributed by atoms with Crippen LogP contribution in [0.3, 0.4) is 0 Å². The minimum Gasteiger partial charge on any atom is -0.480 e. The van der Waals surface area contributed by atoms with Crippen LogP contribution in [0, 0.1) is 0 Å². The van der Waals surface area contributed by atoms with Crippen LogP contribution >= 0.6 is 0 Å². The van der Waals surface area contributed by atoms with E-state index >= 15 is 0 Å². The number of benzene rings is 1. The van der Waals surface area contributed by atoms with Gasteiger partial charge in [0, 0.05) is 31.4 Å². The molecule has 0 aliphatic heterocycles. The summed E-state index contributed by atoms with van der Waals surface area (Å²) in [5.74, 6) is -6.28. The highest BCUT2D eigenvalue weighted by Gasteiger charge is 2.27. The van der Waals surface area contributed by atoms with Crippen molar-refractivity contribution in [2.75, 3.05) is 58.1 Å². The molecule has 7 N–H and O–H groups in total. The Morgan fingerprint density at radius 1 is 0.657 bits per heavy atom. The van der Waals surface area contributed by atoms with Gasteiger partial charge in [-0.3, -0.25) is 38.7 Å². The minimum absolute atomic E-state index is 0.0690. The molecule has 0 bridgehead atoms. The molecule has 0 aliphatic rings. The van der Waals surface area contributed by atoms with Gasteiger partial charge in [-0.15, -0.1) is 0 Å². The fourth-order valence-electron chi connectivity index (χ4n) is 3.53. The fourth-order valence-corrected chi connectivity index (χ4v) is 3.53. The molecule has 0 saturated heterocycles. The average molecular weight is 498 g/mol. The lowest BCUT2D eigenvalue weighted by molar-refractivity contribution is -0.143. The highest BCUT2D eigenvalue weighted by Crippen LogP contribution is 2.14. The summed E-state index contributed by atoms with van der Waals surface area (Å²) >= 11 is 0. The molecular formula is C21H30N4O10. The quantitative estimate of drug-likeness (QED) is 0.127. The lowest BCUT2D eigenvalue weighted by Crippen LogP contribution is -2.51. The van der Waals surface area contributed by atoms with Crippen molar-refractivity contribution in [2.24, 2.45) is 0 Å². The van der Waals surface area contributed by atoms with Crippen molar-refractivity contribution in [1.29, 1.82) is 0 Å². The summed E-state index contributed by atoms with van der Waals surface area (Å²) in [6, 6.07) is 5.94. The predicted octanol–water partition coefficient (Wildman–Crippen LogP) is -1.49. The lowest BCUT2D eigenvalue weighted by Gasteiger charge is -2.35. The summed E-state index contributed by atoms with van der Waals surface area (Å²) < 4.78 is 0. The molecule has 0 radical (unpaired) electrons. The van der Waals surface area contributed by atoms with Gasteiger partial charge < -0.3 is 31.3 Å². The van der Waals surface area contributed by atoms with Gasteiger partial charge in [-0.1, -0.05) is 12.1 Å². The summed E-state index contributed by atoms with van der Waals surface area (Å²) in [6.07, 6.45) is 0.196. The van der Waals surface area contributed by atoms with Gasteiger partial charge in [-0.2, -0.15) is 0 Å². The molecule has 0 aliphatic carbocycles. The molecule has 14 nitrogen and oxygen atoms in total. The Balaban J connectivity index is 3.24.